The molecule has 1 amide bonds. The van der Waals surface area contributed by atoms with E-state index in [1.165, 1.54) is 0 Å². The van der Waals surface area contributed by atoms with Crippen molar-refractivity contribution in [1.29, 1.82) is 0 Å². The number of hydrogen-bond acceptors (Lipinski definition) is 5. The number of amides is 1. The van der Waals surface area contributed by atoms with Gasteiger partial charge >= 0.3 is 0 Å². The first-order valence-electron chi connectivity index (χ1n) is 9.12. The van der Waals surface area contributed by atoms with Gasteiger partial charge in [0.05, 0.1) is 18.4 Å². The zero-order chi connectivity index (χ0) is 18.6. The molecule has 0 unspecified atom stereocenters. The predicted octanol–water partition coefficient (Wildman–Crippen LogP) is 3.19. The summed E-state index contributed by atoms with van der Waals surface area (Å²) in [6.45, 7) is 3.61. The molecule has 4 heterocycles. The van der Waals surface area contributed by atoms with Gasteiger partial charge in [-0.3, -0.25) is 14.9 Å². The fraction of sp³-hybridized carbons (Fsp3) is 0.350. The minimum Gasteiger partial charge on any atom is -0.460 e. The molecule has 4 rings (SSSR count). The summed E-state index contributed by atoms with van der Waals surface area (Å²) in [5.74, 6) is 1.40. The lowest BCUT2D eigenvalue weighted by molar-refractivity contribution is -0.00801. The van der Waals surface area contributed by atoms with E-state index in [2.05, 4.69) is 15.2 Å². The fourth-order valence-corrected chi connectivity index (χ4v) is 3.24. The third kappa shape index (κ3) is 4.09. The highest BCUT2D eigenvalue weighted by atomic mass is 16.5. The average molecular weight is 366 g/mol. The van der Waals surface area contributed by atoms with Crippen molar-refractivity contribution in [2.24, 2.45) is 0 Å². The topological polar surface area (TPSA) is 84.3 Å². The molecule has 1 N–H and O–H groups in total. The first-order chi connectivity index (χ1) is 13.2. The molecule has 7 nitrogen and oxygen atoms in total. The van der Waals surface area contributed by atoms with Gasteiger partial charge in [-0.1, -0.05) is 6.07 Å². The van der Waals surface area contributed by atoms with Gasteiger partial charge in [-0.25, -0.2) is 0 Å². The Bertz CT molecular complexity index is 903. The lowest BCUT2D eigenvalue weighted by Gasteiger charge is -2.32. The number of furan rings is 1. The van der Waals surface area contributed by atoms with Crippen LogP contribution in [0.2, 0.25) is 0 Å². The van der Waals surface area contributed by atoms with Crippen molar-refractivity contribution in [2.45, 2.75) is 32.5 Å². The van der Waals surface area contributed by atoms with Crippen molar-refractivity contribution in [1.82, 2.24) is 20.1 Å². The van der Waals surface area contributed by atoms with Gasteiger partial charge < -0.3 is 14.1 Å². The summed E-state index contributed by atoms with van der Waals surface area (Å²) in [6, 6.07) is 11.2. The molecular weight excluding hydrogens is 344 g/mol. The molecule has 0 radical (unpaired) electrons. The Morgan fingerprint density at radius 2 is 2.30 bits per heavy atom. The smallest absolute Gasteiger partial charge is 0.274 e. The van der Waals surface area contributed by atoms with Crippen molar-refractivity contribution in [3.8, 4) is 11.5 Å². The van der Waals surface area contributed by atoms with Crippen molar-refractivity contribution in [3.05, 3.63) is 59.7 Å². The monoisotopic (exact) mass is 366 g/mol. The summed E-state index contributed by atoms with van der Waals surface area (Å²) in [5.41, 5.74) is 1.99. The molecular formula is C20H22N4O3. The molecule has 140 valence electrons. The Balaban J connectivity index is 1.38. The fourth-order valence-electron chi connectivity index (χ4n) is 3.24. The highest BCUT2D eigenvalue weighted by Crippen LogP contribution is 2.22. The van der Waals surface area contributed by atoms with E-state index in [1.807, 2.05) is 37.3 Å². The summed E-state index contributed by atoms with van der Waals surface area (Å²) in [5, 5.41) is 7.05. The molecule has 3 aromatic heterocycles. The standard InChI is InChI=1S/C20H22N4O3/c1-14-7-8-19(27-14)17-11-18(23-22-17)20(25)24-10-4-6-16(12-24)26-13-15-5-2-3-9-21-15/h2-3,5,7-9,11,16H,4,6,10,12-13H2,1H3,(H,22,23)/t16-/m1/s1. The molecule has 1 aliphatic rings. The van der Waals surface area contributed by atoms with Crippen LogP contribution in [-0.2, 0) is 11.3 Å². The van der Waals surface area contributed by atoms with Crippen LogP contribution in [0.1, 0.15) is 34.8 Å². The van der Waals surface area contributed by atoms with E-state index in [1.54, 1.807) is 17.2 Å². The van der Waals surface area contributed by atoms with Crippen molar-refractivity contribution in [2.75, 3.05) is 13.1 Å². The van der Waals surface area contributed by atoms with E-state index in [0.717, 1.165) is 24.3 Å². The number of H-pyrrole nitrogens is 1. The molecule has 0 saturated carbocycles. The van der Waals surface area contributed by atoms with Crippen LogP contribution in [0.4, 0.5) is 0 Å². The first kappa shape index (κ1) is 17.5. The Kier molecular flexibility index (Phi) is 5.02. The largest absolute Gasteiger partial charge is 0.460 e. The molecule has 0 aromatic carbocycles. The molecule has 1 saturated heterocycles. The zero-order valence-corrected chi connectivity index (χ0v) is 15.2. The second-order valence-electron chi connectivity index (χ2n) is 6.72. The lowest BCUT2D eigenvalue weighted by atomic mass is 10.1. The van der Waals surface area contributed by atoms with Crippen LogP contribution in [-0.4, -0.2) is 45.2 Å². The number of nitrogens with zero attached hydrogens (tertiary/aromatic N) is 3. The molecule has 0 bridgehead atoms. The summed E-state index contributed by atoms with van der Waals surface area (Å²) in [6.07, 6.45) is 3.61. The zero-order valence-electron chi connectivity index (χ0n) is 15.2. The number of aromatic nitrogens is 3. The Morgan fingerprint density at radius 3 is 3.07 bits per heavy atom. The van der Waals surface area contributed by atoms with Gasteiger partial charge in [0.25, 0.3) is 5.91 Å². The van der Waals surface area contributed by atoms with Crippen molar-refractivity contribution < 1.29 is 13.9 Å². The van der Waals surface area contributed by atoms with Gasteiger partial charge in [0.2, 0.25) is 0 Å². The van der Waals surface area contributed by atoms with Gasteiger partial charge in [0, 0.05) is 25.4 Å². The van der Waals surface area contributed by atoms with Crippen LogP contribution in [0, 0.1) is 6.92 Å². The van der Waals surface area contributed by atoms with Crippen LogP contribution in [0.5, 0.6) is 0 Å². The number of carbonyl (C=O) groups excluding carboxylic acids is 1. The van der Waals surface area contributed by atoms with E-state index in [4.69, 9.17) is 9.15 Å². The average Bonchev–Trinajstić information content (AvgIpc) is 3.36. The Hall–Kier alpha value is -2.93. The number of rotatable bonds is 5. The van der Waals surface area contributed by atoms with Gasteiger partial charge in [-0.15, -0.1) is 0 Å². The molecule has 3 aromatic rings. The lowest BCUT2D eigenvalue weighted by Crippen LogP contribution is -2.43. The minimum atomic E-state index is -0.0908. The number of likely N-dealkylation sites (tertiary alicyclic amines) is 1. The molecule has 1 fully saturated rings. The van der Waals surface area contributed by atoms with Crippen LogP contribution < -0.4 is 0 Å². The van der Waals surface area contributed by atoms with Gasteiger partial charge in [-0.2, -0.15) is 5.10 Å². The highest BCUT2D eigenvalue weighted by Gasteiger charge is 2.26. The molecule has 0 aliphatic carbocycles. The first-order valence-corrected chi connectivity index (χ1v) is 9.12. The Labute approximate surface area is 157 Å². The second-order valence-corrected chi connectivity index (χ2v) is 6.72. The maximum Gasteiger partial charge on any atom is 0.274 e. The maximum absolute atomic E-state index is 12.8. The summed E-state index contributed by atoms with van der Waals surface area (Å²) in [4.78, 5) is 18.9. The number of ether oxygens (including phenoxy) is 1. The van der Waals surface area contributed by atoms with Crippen LogP contribution in [0.25, 0.3) is 11.5 Å². The van der Waals surface area contributed by atoms with Gasteiger partial charge in [-0.05, 0) is 44.0 Å². The van der Waals surface area contributed by atoms with E-state index in [-0.39, 0.29) is 12.0 Å². The number of carbonyl (C=O) groups is 1. The van der Waals surface area contributed by atoms with Gasteiger partial charge in [0.15, 0.2) is 11.5 Å². The third-order valence-electron chi connectivity index (χ3n) is 4.66. The molecule has 1 aliphatic heterocycles. The van der Waals surface area contributed by atoms with E-state index >= 15 is 0 Å². The Morgan fingerprint density at radius 1 is 1.37 bits per heavy atom. The minimum absolute atomic E-state index is 0.0100. The number of hydrogen-bond donors (Lipinski definition) is 1. The van der Waals surface area contributed by atoms with Crippen molar-refractivity contribution >= 4 is 5.91 Å². The molecule has 1 atom stereocenters. The number of pyridine rings is 1. The molecule has 0 spiro atoms. The quantitative estimate of drug-likeness (QED) is 0.750. The summed E-state index contributed by atoms with van der Waals surface area (Å²) >= 11 is 0. The van der Waals surface area contributed by atoms with Crippen LogP contribution in [0.15, 0.2) is 47.0 Å². The van der Waals surface area contributed by atoms with Crippen LogP contribution >= 0.6 is 0 Å². The maximum atomic E-state index is 12.8. The number of aromatic amines is 1. The highest BCUT2D eigenvalue weighted by molar-refractivity contribution is 5.93. The SMILES string of the molecule is Cc1ccc(-c2cc(C(=O)N3CCC[C@@H](OCc4ccccn4)C3)n[nH]2)o1. The van der Waals surface area contributed by atoms with E-state index in [9.17, 15) is 4.79 Å². The predicted molar refractivity (Wildman–Crippen MR) is 99.0 cm³/mol. The summed E-state index contributed by atoms with van der Waals surface area (Å²) in [7, 11) is 0. The van der Waals surface area contributed by atoms with E-state index in [0.29, 0.717) is 36.8 Å². The van der Waals surface area contributed by atoms with Crippen LogP contribution in [0.3, 0.4) is 0 Å². The normalized spacial score (nSPS) is 17.2. The number of nitrogens with one attached hydrogen (secondary N) is 1. The van der Waals surface area contributed by atoms with E-state index < -0.39 is 0 Å². The number of piperidine rings is 1. The second kappa shape index (κ2) is 7.75. The third-order valence-corrected chi connectivity index (χ3v) is 4.66. The van der Waals surface area contributed by atoms with Gasteiger partial charge in [0.1, 0.15) is 11.5 Å². The molecule has 7 heteroatoms. The van der Waals surface area contributed by atoms with Crippen molar-refractivity contribution in [3.63, 3.8) is 0 Å². The number of aryl methyl sites for hydroxylation is 1. The molecule has 27 heavy (non-hydrogen) atoms. The summed E-state index contributed by atoms with van der Waals surface area (Å²) < 4.78 is 11.5.